The van der Waals surface area contributed by atoms with Crippen LogP contribution in [0.1, 0.15) is 20.8 Å². The first-order valence-electron chi connectivity index (χ1n) is 9.77. The number of benzene rings is 1. The Morgan fingerprint density at radius 1 is 1.33 bits per heavy atom. The van der Waals surface area contributed by atoms with E-state index in [1.807, 2.05) is 52.1 Å². The van der Waals surface area contributed by atoms with Crippen molar-refractivity contribution in [2.24, 2.45) is 0 Å². The zero-order chi connectivity index (χ0) is 22.1. The Kier molecular flexibility index (Phi) is 6.89. The third-order valence-corrected chi connectivity index (χ3v) is 6.63. The number of fused-ring (bicyclic) bond motifs is 1. The van der Waals surface area contributed by atoms with Gasteiger partial charge in [-0.15, -0.1) is 0 Å². The highest BCUT2D eigenvalue weighted by molar-refractivity contribution is 9.10. The first-order valence-corrected chi connectivity index (χ1v) is 11.4. The topological polar surface area (TPSA) is 51.6 Å². The van der Waals surface area contributed by atoms with Gasteiger partial charge in [0.15, 0.2) is 16.7 Å². The maximum atomic E-state index is 5.94. The quantitative estimate of drug-likeness (QED) is 0.640. The van der Waals surface area contributed by atoms with E-state index in [0.29, 0.717) is 0 Å². The number of imidazole rings is 1. The summed E-state index contributed by atoms with van der Waals surface area (Å²) in [5, 5.41) is 6.10. The number of ether oxygens (including phenoxy) is 2. The van der Waals surface area contributed by atoms with Gasteiger partial charge in [-0.1, -0.05) is 24.4 Å². The minimum absolute atomic E-state index is 0.659. The van der Waals surface area contributed by atoms with Gasteiger partial charge in [-0.3, -0.25) is 0 Å². The molecule has 1 N–H and O–H groups in total. The van der Waals surface area contributed by atoms with Crippen molar-refractivity contribution in [1.82, 2.24) is 19.8 Å². The van der Waals surface area contributed by atoms with Crippen molar-refractivity contribution in [3.63, 3.8) is 0 Å². The minimum Gasteiger partial charge on any atom is -0.449 e. The number of rotatable bonds is 7. The molecule has 30 heavy (non-hydrogen) atoms. The van der Waals surface area contributed by atoms with Gasteiger partial charge in [-0.05, 0) is 55.2 Å². The molecular formula is C22H29BrN4O2S. The summed E-state index contributed by atoms with van der Waals surface area (Å²) in [6.07, 6.45) is 3.82. The largest absolute Gasteiger partial charge is 0.449 e. The molecular weight excluding hydrogens is 464 g/mol. The van der Waals surface area contributed by atoms with Crippen LogP contribution in [0.3, 0.4) is 0 Å². The van der Waals surface area contributed by atoms with E-state index in [-0.39, 0.29) is 0 Å². The lowest BCUT2D eigenvalue weighted by atomic mass is 10.3. The molecule has 8 heteroatoms. The third kappa shape index (κ3) is 4.87. The Morgan fingerprint density at radius 2 is 2.00 bits per heavy atom. The second-order valence-corrected chi connectivity index (χ2v) is 9.66. The van der Waals surface area contributed by atoms with Gasteiger partial charge in [0.1, 0.15) is 5.35 Å². The molecule has 6 nitrogen and oxygen atoms in total. The molecule has 2 aromatic rings. The molecule has 0 aliphatic carbocycles. The Hall–Kier alpha value is -1.90. The summed E-state index contributed by atoms with van der Waals surface area (Å²) in [7, 11) is 6.06. The highest BCUT2D eigenvalue weighted by Gasteiger charge is 2.32. The van der Waals surface area contributed by atoms with Gasteiger partial charge < -0.3 is 24.3 Å². The van der Waals surface area contributed by atoms with Gasteiger partial charge in [-0.25, -0.2) is 4.98 Å². The predicted molar refractivity (Wildman–Crippen MR) is 126 cm³/mol. The first-order chi connectivity index (χ1) is 14.1. The van der Waals surface area contributed by atoms with E-state index in [1.54, 1.807) is 11.8 Å². The number of aromatic nitrogens is 2. The average molecular weight is 493 g/mol. The van der Waals surface area contributed by atoms with Crippen LogP contribution in [0, 0.1) is 0 Å². The van der Waals surface area contributed by atoms with Crippen LogP contribution >= 0.6 is 27.7 Å². The SMILES string of the molecule is C=C/C=c1\c(=C(/C)NC)nc(Sc2cc3c(cc2Br)OC(C)(C)O3)n1CCN(C)C. The molecule has 0 saturated carbocycles. The third-order valence-electron chi connectivity index (χ3n) is 4.66. The van der Waals surface area contributed by atoms with E-state index in [2.05, 4.69) is 51.4 Å². The van der Waals surface area contributed by atoms with E-state index >= 15 is 0 Å². The number of halogens is 1. The van der Waals surface area contributed by atoms with Crippen molar-refractivity contribution in [3.8, 4) is 11.5 Å². The molecule has 0 atom stereocenters. The molecule has 0 radical (unpaired) electrons. The zero-order valence-electron chi connectivity index (χ0n) is 18.4. The summed E-state index contributed by atoms with van der Waals surface area (Å²) in [5.74, 6) is 0.828. The number of nitrogens with zero attached hydrogens (tertiary/aromatic N) is 3. The summed E-state index contributed by atoms with van der Waals surface area (Å²) in [4.78, 5) is 8.16. The van der Waals surface area contributed by atoms with Gasteiger partial charge in [0.25, 0.3) is 0 Å². The van der Waals surface area contributed by atoms with Crippen LogP contribution in [0.2, 0.25) is 0 Å². The fourth-order valence-electron chi connectivity index (χ4n) is 3.12. The lowest BCUT2D eigenvalue weighted by Crippen LogP contribution is -2.35. The van der Waals surface area contributed by atoms with Crippen LogP contribution < -0.4 is 25.5 Å². The summed E-state index contributed by atoms with van der Waals surface area (Å²) in [6.45, 7) is 11.5. The fraction of sp³-hybridized carbons (Fsp3) is 0.409. The van der Waals surface area contributed by atoms with Gasteiger partial charge in [0.05, 0.1) is 5.35 Å². The predicted octanol–water partition coefficient (Wildman–Crippen LogP) is 3.18. The molecule has 1 aromatic heterocycles. The van der Waals surface area contributed by atoms with E-state index in [1.165, 1.54) is 0 Å². The monoisotopic (exact) mass is 492 g/mol. The van der Waals surface area contributed by atoms with E-state index in [9.17, 15) is 0 Å². The molecule has 1 aromatic carbocycles. The maximum absolute atomic E-state index is 5.94. The van der Waals surface area contributed by atoms with Crippen molar-refractivity contribution in [2.75, 3.05) is 27.7 Å². The van der Waals surface area contributed by atoms with Crippen molar-refractivity contribution in [3.05, 3.63) is 40.0 Å². The summed E-state index contributed by atoms with van der Waals surface area (Å²) in [5.41, 5.74) is 1.01. The van der Waals surface area contributed by atoms with Crippen LogP contribution in [0.25, 0.3) is 11.8 Å². The molecule has 3 rings (SSSR count). The molecule has 0 bridgehead atoms. The van der Waals surface area contributed by atoms with Crippen LogP contribution in [0.15, 0.2) is 39.3 Å². The highest BCUT2D eigenvalue weighted by Crippen LogP contribution is 2.45. The van der Waals surface area contributed by atoms with Crippen molar-refractivity contribution in [1.29, 1.82) is 0 Å². The average Bonchev–Trinajstić information content (AvgIpc) is 3.15. The van der Waals surface area contributed by atoms with Crippen LogP contribution in [0.4, 0.5) is 0 Å². The number of hydrogen-bond acceptors (Lipinski definition) is 6. The normalized spacial score (nSPS) is 16.2. The molecule has 2 heterocycles. The first kappa shape index (κ1) is 22.8. The van der Waals surface area contributed by atoms with E-state index in [4.69, 9.17) is 14.5 Å². The standard InChI is InChI=1S/C22H29BrN4O2S/c1-8-9-16-20(14(2)24-5)25-21(27(16)11-10-26(6)7)30-19-13-18-17(12-15(19)23)28-22(3,4)29-18/h8-9,12-13,24H,1,10-11H2,2-7H3/b16-9+,20-14-. The summed E-state index contributed by atoms with van der Waals surface area (Å²) < 4.78 is 15.0. The summed E-state index contributed by atoms with van der Waals surface area (Å²) in [6, 6.07) is 3.97. The molecule has 0 fully saturated rings. The van der Waals surface area contributed by atoms with Crippen LogP contribution in [0.5, 0.6) is 11.5 Å². The molecule has 162 valence electrons. The van der Waals surface area contributed by atoms with Gasteiger partial charge in [0, 0.05) is 49.0 Å². The number of likely N-dealkylation sites (N-methyl/N-ethyl adjacent to an activating group) is 1. The Balaban J connectivity index is 2.11. The van der Waals surface area contributed by atoms with E-state index in [0.717, 1.165) is 55.5 Å². The minimum atomic E-state index is -0.659. The molecule has 1 aliphatic heterocycles. The highest BCUT2D eigenvalue weighted by atomic mass is 79.9. The summed E-state index contributed by atoms with van der Waals surface area (Å²) >= 11 is 5.29. The molecule has 1 aliphatic rings. The smallest absolute Gasteiger partial charge is 0.246 e. The van der Waals surface area contributed by atoms with Gasteiger partial charge in [0.2, 0.25) is 5.79 Å². The Bertz CT molecular complexity index is 1080. The molecule has 0 amide bonds. The fourth-order valence-corrected chi connectivity index (χ4v) is 4.64. The van der Waals surface area contributed by atoms with E-state index < -0.39 is 5.79 Å². The molecule has 0 spiro atoms. The Morgan fingerprint density at radius 3 is 2.60 bits per heavy atom. The zero-order valence-corrected chi connectivity index (χ0v) is 20.8. The second kappa shape index (κ2) is 9.08. The number of nitrogens with one attached hydrogen (secondary N) is 1. The van der Waals surface area contributed by atoms with Crippen molar-refractivity contribution in [2.45, 2.75) is 43.2 Å². The van der Waals surface area contributed by atoms with Crippen molar-refractivity contribution >= 4 is 39.5 Å². The molecule has 0 unspecified atom stereocenters. The molecule has 0 saturated heterocycles. The Labute approximate surface area is 190 Å². The van der Waals surface area contributed by atoms with Gasteiger partial charge in [-0.2, -0.15) is 0 Å². The lowest BCUT2D eigenvalue weighted by molar-refractivity contribution is -0.0432. The lowest BCUT2D eigenvalue weighted by Gasteiger charge is -2.16. The van der Waals surface area contributed by atoms with Crippen LogP contribution in [-0.2, 0) is 6.54 Å². The van der Waals surface area contributed by atoms with Crippen LogP contribution in [-0.4, -0.2) is 47.9 Å². The second-order valence-electron chi connectivity index (χ2n) is 7.80. The van der Waals surface area contributed by atoms with Crippen molar-refractivity contribution < 1.29 is 9.47 Å². The number of hydrogen-bond donors (Lipinski definition) is 1. The number of allylic oxidation sites excluding steroid dienone is 1. The van der Waals surface area contributed by atoms with Gasteiger partial charge >= 0.3 is 0 Å². The maximum Gasteiger partial charge on any atom is 0.246 e.